The van der Waals surface area contributed by atoms with Gasteiger partial charge in [-0.05, 0) is 31.2 Å². The SMILES string of the molecule is Cc1nc(/C=C2/N=C(c3cccc(Br)c3)OC2=O)cs1. The molecule has 100 valence electrons. The first-order valence-corrected chi connectivity index (χ1v) is 7.50. The second-order valence-electron chi connectivity index (χ2n) is 4.14. The normalized spacial score (nSPS) is 16.4. The average molecular weight is 349 g/mol. The number of aromatic nitrogens is 1. The third-order valence-corrected chi connectivity index (χ3v) is 3.90. The molecule has 2 heterocycles. The van der Waals surface area contributed by atoms with Crippen LogP contribution in [-0.2, 0) is 9.53 Å². The molecular weight excluding hydrogens is 340 g/mol. The number of hydrogen-bond acceptors (Lipinski definition) is 5. The summed E-state index contributed by atoms with van der Waals surface area (Å²) < 4.78 is 6.10. The molecule has 0 aliphatic carbocycles. The zero-order chi connectivity index (χ0) is 14.1. The highest BCUT2D eigenvalue weighted by molar-refractivity contribution is 9.10. The van der Waals surface area contributed by atoms with Crippen molar-refractivity contribution in [2.75, 3.05) is 0 Å². The van der Waals surface area contributed by atoms with Crippen molar-refractivity contribution in [3.05, 3.63) is 56.1 Å². The molecular formula is C14H9BrN2O2S. The van der Waals surface area contributed by atoms with Crippen LogP contribution in [0.3, 0.4) is 0 Å². The van der Waals surface area contributed by atoms with Crippen LogP contribution in [0.15, 0.2) is 44.8 Å². The standard InChI is InChI=1S/C14H9BrN2O2S/c1-8-16-11(7-20-8)6-12-14(18)19-13(17-12)9-3-2-4-10(15)5-9/h2-7H,1H3/b12-6+. The first-order valence-electron chi connectivity index (χ1n) is 5.82. The maximum atomic E-state index is 11.8. The number of thiazole rings is 1. The minimum absolute atomic E-state index is 0.269. The van der Waals surface area contributed by atoms with Crippen LogP contribution in [0.1, 0.15) is 16.3 Å². The Bertz CT molecular complexity index is 749. The lowest BCUT2D eigenvalue weighted by Gasteiger charge is -1.99. The maximum absolute atomic E-state index is 11.8. The molecule has 20 heavy (non-hydrogen) atoms. The molecule has 0 radical (unpaired) electrons. The predicted molar refractivity (Wildman–Crippen MR) is 81.6 cm³/mol. The first kappa shape index (κ1) is 13.2. The average Bonchev–Trinajstić information content (AvgIpc) is 2.97. The van der Waals surface area contributed by atoms with Gasteiger partial charge in [-0.2, -0.15) is 0 Å². The molecule has 0 fully saturated rings. The number of rotatable bonds is 2. The topological polar surface area (TPSA) is 51.6 Å². The summed E-state index contributed by atoms with van der Waals surface area (Å²) >= 11 is 4.90. The van der Waals surface area contributed by atoms with Gasteiger partial charge in [0.05, 0.1) is 10.7 Å². The first-order chi connectivity index (χ1) is 9.61. The van der Waals surface area contributed by atoms with E-state index in [0.717, 1.165) is 20.7 Å². The fourth-order valence-corrected chi connectivity index (χ4v) is 2.71. The molecule has 0 saturated carbocycles. The van der Waals surface area contributed by atoms with Gasteiger partial charge in [0.15, 0.2) is 5.70 Å². The molecule has 0 saturated heterocycles. The van der Waals surface area contributed by atoms with E-state index in [4.69, 9.17) is 4.74 Å². The number of carbonyl (C=O) groups excluding carboxylic acids is 1. The number of nitrogens with zero attached hydrogens (tertiary/aromatic N) is 2. The van der Waals surface area contributed by atoms with Crippen LogP contribution in [0.4, 0.5) is 0 Å². The maximum Gasteiger partial charge on any atom is 0.363 e. The van der Waals surface area contributed by atoms with Crippen molar-refractivity contribution in [3.63, 3.8) is 0 Å². The van der Waals surface area contributed by atoms with Crippen LogP contribution < -0.4 is 0 Å². The van der Waals surface area contributed by atoms with Crippen molar-refractivity contribution in [2.45, 2.75) is 6.92 Å². The molecule has 0 atom stereocenters. The van der Waals surface area contributed by atoms with Crippen molar-refractivity contribution in [2.24, 2.45) is 4.99 Å². The van der Waals surface area contributed by atoms with Crippen molar-refractivity contribution >= 4 is 45.2 Å². The number of carbonyl (C=O) groups is 1. The molecule has 0 spiro atoms. The minimum Gasteiger partial charge on any atom is -0.402 e. The van der Waals surface area contributed by atoms with Gasteiger partial charge < -0.3 is 4.74 Å². The van der Waals surface area contributed by atoms with E-state index in [-0.39, 0.29) is 5.70 Å². The highest BCUT2D eigenvalue weighted by Crippen LogP contribution is 2.21. The van der Waals surface area contributed by atoms with E-state index in [9.17, 15) is 4.79 Å². The number of ether oxygens (including phenoxy) is 1. The molecule has 0 unspecified atom stereocenters. The number of halogens is 1. The quantitative estimate of drug-likeness (QED) is 0.615. The van der Waals surface area contributed by atoms with Gasteiger partial charge in [0, 0.05) is 15.4 Å². The minimum atomic E-state index is -0.453. The Hall–Kier alpha value is -1.79. The summed E-state index contributed by atoms with van der Waals surface area (Å²) in [6.07, 6.45) is 1.64. The molecule has 0 bridgehead atoms. The number of aryl methyl sites for hydroxylation is 1. The van der Waals surface area contributed by atoms with E-state index in [1.165, 1.54) is 11.3 Å². The molecule has 4 nitrogen and oxygen atoms in total. The summed E-state index contributed by atoms with van der Waals surface area (Å²) in [6, 6.07) is 7.45. The van der Waals surface area contributed by atoms with Crippen LogP contribution in [0.5, 0.6) is 0 Å². The Morgan fingerprint density at radius 3 is 2.95 bits per heavy atom. The third-order valence-electron chi connectivity index (χ3n) is 2.61. The monoisotopic (exact) mass is 348 g/mol. The van der Waals surface area contributed by atoms with Gasteiger partial charge in [0.2, 0.25) is 5.90 Å². The van der Waals surface area contributed by atoms with E-state index in [1.807, 2.05) is 36.6 Å². The van der Waals surface area contributed by atoms with Crippen molar-refractivity contribution in [1.82, 2.24) is 4.98 Å². The Kier molecular flexibility index (Phi) is 3.50. The number of cyclic esters (lactones) is 1. The number of hydrogen-bond donors (Lipinski definition) is 0. The van der Waals surface area contributed by atoms with Gasteiger partial charge >= 0.3 is 5.97 Å². The van der Waals surface area contributed by atoms with E-state index >= 15 is 0 Å². The Morgan fingerprint density at radius 1 is 1.40 bits per heavy atom. The lowest BCUT2D eigenvalue weighted by Crippen LogP contribution is -2.05. The summed E-state index contributed by atoms with van der Waals surface area (Å²) in [4.78, 5) is 20.3. The zero-order valence-corrected chi connectivity index (χ0v) is 12.9. The lowest BCUT2D eigenvalue weighted by molar-refractivity contribution is -0.129. The Balaban J connectivity index is 1.94. The van der Waals surface area contributed by atoms with Gasteiger partial charge in [-0.3, -0.25) is 0 Å². The van der Waals surface area contributed by atoms with Gasteiger partial charge in [0.1, 0.15) is 0 Å². The van der Waals surface area contributed by atoms with Gasteiger partial charge in [0.25, 0.3) is 0 Å². The van der Waals surface area contributed by atoms with E-state index in [0.29, 0.717) is 5.90 Å². The van der Waals surface area contributed by atoms with E-state index in [1.54, 1.807) is 6.08 Å². The highest BCUT2D eigenvalue weighted by Gasteiger charge is 2.24. The molecule has 6 heteroatoms. The van der Waals surface area contributed by atoms with Crippen molar-refractivity contribution in [1.29, 1.82) is 0 Å². The third kappa shape index (κ3) is 2.71. The summed E-state index contributed by atoms with van der Waals surface area (Å²) in [5.74, 6) is -0.139. The van der Waals surface area contributed by atoms with Crippen LogP contribution in [0, 0.1) is 6.92 Å². The predicted octanol–water partition coefficient (Wildman–Crippen LogP) is 3.56. The largest absolute Gasteiger partial charge is 0.402 e. The summed E-state index contributed by atoms with van der Waals surface area (Å²) in [5.41, 5.74) is 1.74. The molecule has 1 aromatic heterocycles. The van der Waals surface area contributed by atoms with E-state index < -0.39 is 5.97 Å². The summed E-state index contributed by atoms with van der Waals surface area (Å²) in [7, 11) is 0. The molecule has 2 aromatic rings. The van der Waals surface area contributed by atoms with Crippen LogP contribution in [0.25, 0.3) is 6.08 Å². The highest BCUT2D eigenvalue weighted by atomic mass is 79.9. The Morgan fingerprint density at radius 2 is 2.25 bits per heavy atom. The van der Waals surface area contributed by atoms with Gasteiger partial charge in [-0.1, -0.05) is 22.0 Å². The van der Waals surface area contributed by atoms with Crippen LogP contribution in [0.2, 0.25) is 0 Å². The number of esters is 1. The molecule has 3 rings (SSSR count). The van der Waals surface area contributed by atoms with Gasteiger partial charge in [-0.25, -0.2) is 14.8 Å². The fraction of sp³-hybridized carbons (Fsp3) is 0.0714. The smallest absolute Gasteiger partial charge is 0.363 e. The number of aliphatic imine (C=N–C) groups is 1. The second kappa shape index (κ2) is 5.30. The molecule has 1 aliphatic heterocycles. The van der Waals surface area contributed by atoms with Crippen LogP contribution in [-0.4, -0.2) is 16.9 Å². The van der Waals surface area contributed by atoms with E-state index in [2.05, 4.69) is 25.9 Å². The molecule has 0 N–H and O–H groups in total. The van der Waals surface area contributed by atoms with Crippen LogP contribution >= 0.6 is 27.3 Å². The van der Waals surface area contributed by atoms with Crippen molar-refractivity contribution in [3.8, 4) is 0 Å². The number of benzene rings is 1. The molecule has 0 amide bonds. The summed E-state index contributed by atoms with van der Waals surface area (Å²) in [5, 5.41) is 2.82. The fourth-order valence-electron chi connectivity index (χ4n) is 1.74. The Labute approximate surface area is 128 Å². The molecule has 1 aliphatic rings. The zero-order valence-electron chi connectivity index (χ0n) is 10.5. The van der Waals surface area contributed by atoms with Gasteiger partial charge in [-0.15, -0.1) is 11.3 Å². The second-order valence-corrected chi connectivity index (χ2v) is 6.12. The molecule has 1 aromatic carbocycles. The van der Waals surface area contributed by atoms with Crippen molar-refractivity contribution < 1.29 is 9.53 Å². The summed E-state index contributed by atoms with van der Waals surface area (Å²) in [6.45, 7) is 1.91. The lowest BCUT2D eigenvalue weighted by atomic mass is 10.2.